The van der Waals surface area contributed by atoms with Crippen LogP contribution in [0.25, 0.3) is 0 Å². The number of aliphatic hydroxyl groups is 1. The van der Waals surface area contributed by atoms with Gasteiger partial charge in [-0.15, -0.1) is 0 Å². The summed E-state index contributed by atoms with van der Waals surface area (Å²) in [4.78, 5) is 22.3. The number of Topliss-reactive ketones (excluding diaryl/α,β-unsaturated/α-hetero) is 1. The summed E-state index contributed by atoms with van der Waals surface area (Å²) in [5.74, 6) is -2.19. The third-order valence-corrected chi connectivity index (χ3v) is 1.44. The lowest BCUT2D eigenvalue weighted by Crippen LogP contribution is -2.26. The maximum Gasteiger partial charge on any atom is 0.372 e. The van der Waals surface area contributed by atoms with Crippen LogP contribution in [0.2, 0.25) is 0 Å². The number of rotatable bonds is 6. The minimum absolute atomic E-state index is 0.00810. The molecular weight excluding hydrogens is 162 g/mol. The second kappa shape index (κ2) is 5.68. The summed E-state index contributed by atoms with van der Waals surface area (Å²) >= 11 is 0. The Labute approximate surface area is 70.6 Å². The molecule has 0 aliphatic heterocycles. The summed E-state index contributed by atoms with van der Waals surface area (Å²) in [6.45, 7) is 0.830. The molecule has 0 saturated heterocycles. The van der Waals surface area contributed by atoms with Crippen LogP contribution in [0.15, 0.2) is 0 Å². The van der Waals surface area contributed by atoms with Crippen molar-refractivity contribution in [1.82, 2.24) is 4.90 Å². The minimum Gasteiger partial charge on any atom is -0.476 e. The van der Waals surface area contributed by atoms with Gasteiger partial charge in [-0.2, -0.15) is 0 Å². The van der Waals surface area contributed by atoms with Crippen molar-refractivity contribution in [1.29, 1.82) is 0 Å². The number of likely N-dealkylation sites (N-methyl/N-ethyl adjacent to an activating group) is 1. The van der Waals surface area contributed by atoms with E-state index in [4.69, 9.17) is 10.2 Å². The Kier molecular flexibility index (Phi) is 5.23. The molecule has 0 heterocycles. The maximum atomic E-state index is 10.6. The number of aliphatic carboxylic acids is 1. The molecule has 0 aromatic heterocycles. The van der Waals surface area contributed by atoms with Crippen LogP contribution in [-0.2, 0) is 9.59 Å². The molecule has 0 fully saturated rings. The van der Waals surface area contributed by atoms with Gasteiger partial charge in [0.25, 0.3) is 0 Å². The van der Waals surface area contributed by atoms with Gasteiger partial charge in [0.2, 0.25) is 5.78 Å². The molecular formula is C7H13NO4. The van der Waals surface area contributed by atoms with Crippen LogP contribution in [0.1, 0.15) is 6.42 Å². The minimum atomic E-state index is -1.40. The van der Waals surface area contributed by atoms with Crippen LogP contribution in [0.5, 0.6) is 0 Å². The molecule has 5 nitrogen and oxygen atoms in total. The summed E-state index contributed by atoms with van der Waals surface area (Å²) < 4.78 is 0. The van der Waals surface area contributed by atoms with E-state index >= 15 is 0 Å². The molecule has 0 atom stereocenters. The van der Waals surface area contributed by atoms with Gasteiger partial charge in [-0.05, 0) is 7.05 Å². The average Bonchev–Trinajstić information content (AvgIpc) is 2.00. The highest BCUT2D eigenvalue weighted by Crippen LogP contribution is 1.88. The van der Waals surface area contributed by atoms with Gasteiger partial charge in [-0.25, -0.2) is 4.79 Å². The fraction of sp³-hybridized carbons (Fsp3) is 0.714. The molecule has 0 rings (SSSR count). The molecule has 0 spiro atoms. The van der Waals surface area contributed by atoms with Crippen LogP contribution in [-0.4, -0.2) is 53.6 Å². The van der Waals surface area contributed by atoms with E-state index in [1.807, 2.05) is 0 Å². The van der Waals surface area contributed by atoms with Gasteiger partial charge in [0.15, 0.2) is 0 Å². The maximum absolute atomic E-state index is 10.6. The molecule has 12 heavy (non-hydrogen) atoms. The second-order valence-electron chi connectivity index (χ2n) is 2.51. The van der Waals surface area contributed by atoms with E-state index in [-0.39, 0.29) is 13.0 Å². The number of hydrogen-bond donors (Lipinski definition) is 2. The molecule has 0 radical (unpaired) electrons. The summed E-state index contributed by atoms with van der Waals surface area (Å²) in [7, 11) is 1.71. The Bertz CT molecular complexity index is 169. The zero-order valence-corrected chi connectivity index (χ0v) is 6.99. The van der Waals surface area contributed by atoms with Crippen molar-refractivity contribution >= 4 is 11.8 Å². The van der Waals surface area contributed by atoms with Crippen LogP contribution < -0.4 is 0 Å². The lowest BCUT2D eigenvalue weighted by atomic mass is 10.3. The third-order valence-electron chi connectivity index (χ3n) is 1.44. The fourth-order valence-electron chi connectivity index (χ4n) is 0.682. The number of carbonyl (C=O) groups excluding carboxylic acids is 1. The second-order valence-corrected chi connectivity index (χ2v) is 2.51. The van der Waals surface area contributed by atoms with E-state index in [1.165, 1.54) is 0 Å². The average molecular weight is 175 g/mol. The Balaban J connectivity index is 3.54. The van der Waals surface area contributed by atoms with Crippen molar-refractivity contribution in [2.24, 2.45) is 0 Å². The number of carbonyl (C=O) groups is 2. The molecule has 0 bridgehead atoms. The number of hydrogen-bond acceptors (Lipinski definition) is 4. The molecule has 5 heteroatoms. The lowest BCUT2D eigenvalue weighted by molar-refractivity contribution is -0.149. The Morgan fingerprint density at radius 1 is 1.33 bits per heavy atom. The van der Waals surface area contributed by atoms with Crippen molar-refractivity contribution in [3.05, 3.63) is 0 Å². The first-order valence-corrected chi connectivity index (χ1v) is 3.63. The standard InChI is InChI=1S/C7H13NO4/c1-8(4-5-9)3-2-6(10)7(11)12/h9H,2-5H2,1H3,(H,11,12). The van der Waals surface area contributed by atoms with Crippen molar-refractivity contribution in [2.45, 2.75) is 6.42 Å². The van der Waals surface area contributed by atoms with E-state index in [1.54, 1.807) is 11.9 Å². The summed E-state index contributed by atoms with van der Waals surface area (Å²) in [6.07, 6.45) is -0.00810. The first-order chi connectivity index (χ1) is 5.57. The van der Waals surface area contributed by atoms with Crippen LogP contribution >= 0.6 is 0 Å². The molecule has 0 saturated carbocycles. The lowest BCUT2D eigenvalue weighted by Gasteiger charge is -2.12. The molecule has 0 aromatic rings. The van der Waals surface area contributed by atoms with E-state index in [0.717, 1.165) is 0 Å². The predicted molar refractivity (Wildman–Crippen MR) is 41.8 cm³/mol. The van der Waals surface area contributed by atoms with Gasteiger partial charge in [0, 0.05) is 19.5 Å². The first kappa shape index (κ1) is 11.1. The van der Waals surface area contributed by atoms with E-state index in [9.17, 15) is 9.59 Å². The Hall–Kier alpha value is -0.940. The number of nitrogens with zero attached hydrogens (tertiary/aromatic N) is 1. The predicted octanol–water partition coefficient (Wildman–Crippen LogP) is -1.05. The zero-order chi connectivity index (χ0) is 9.56. The van der Waals surface area contributed by atoms with Gasteiger partial charge in [0.05, 0.1) is 6.61 Å². The molecule has 0 aromatic carbocycles. The molecule has 0 aliphatic carbocycles. The quantitative estimate of drug-likeness (QED) is 0.504. The fourth-order valence-corrected chi connectivity index (χ4v) is 0.682. The largest absolute Gasteiger partial charge is 0.476 e. The Morgan fingerprint density at radius 3 is 2.33 bits per heavy atom. The highest BCUT2D eigenvalue weighted by molar-refractivity contribution is 6.32. The van der Waals surface area contributed by atoms with Crippen LogP contribution in [0.4, 0.5) is 0 Å². The van der Waals surface area contributed by atoms with Crippen molar-refractivity contribution in [3.63, 3.8) is 0 Å². The normalized spacial score (nSPS) is 10.2. The van der Waals surface area contributed by atoms with Crippen molar-refractivity contribution in [2.75, 3.05) is 26.7 Å². The van der Waals surface area contributed by atoms with Gasteiger partial charge in [-0.1, -0.05) is 0 Å². The number of ketones is 1. The number of carboxylic acids is 1. The third kappa shape index (κ3) is 4.81. The Morgan fingerprint density at radius 2 is 1.92 bits per heavy atom. The summed E-state index contributed by atoms with van der Waals surface area (Å²) in [5.41, 5.74) is 0. The van der Waals surface area contributed by atoms with E-state index in [0.29, 0.717) is 13.1 Å². The van der Waals surface area contributed by atoms with Gasteiger partial charge < -0.3 is 15.1 Å². The molecule has 2 N–H and O–H groups in total. The first-order valence-electron chi connectivity index (χ1n) is 3.63. The smallest absolute Gasteiger partial charge is 0.372 e. The van der Waals surface area contributed by atoms with Gasteiger partial charge >= 0.3 is 5.97 Å². The molecule has 70 valence electrons. The highest BCUT2D eigenvalue weighted by atomic mass is 16.4. The topological polar surface area (TPSA) is 77.8 Å². The van der Waals surface area contributed by atoms with E-state index < -0.39 is 11.8 Å². The molecule has 0 aliphatic rings. The summed E-state index contributed by atoms with van der Waals surface area (Å²) in [6, 6.07) is 0. The highest BCUT2D eigenvalue weighted by Gasteiger charge is 2.11. The number of carboxylic acid groups (broad SMARTS) is 1. The van der Waals surface area contributed by atoms with Crippen molar-refractivity contribution in [3.8, 4) is 0 Å². The van der Waals surface area contributed by atoms with Crippen LogP contribution in [0.3, 0.4) is 0 Å². The van der Waals surface area contributed by atoms with E-state index in [2.05, 4.69) is 0 Å². The zero-order valence-electron chi connectivity index (χ0n) is 6.99. The summed E-state index contributed by atoms with van der Waals surface area (Å²) in [5, 5.41) is 16.7. The molecule has 0 amide bonds. The van der Waals surface area contributed by atoms with Crippen LogP contribution in [0, 0.1) is 0 Å². The molecule has 0 unspecified atom stereocenters. The van der Waals surface area contributed by atoms with Gasteiger partial charge in [0.1, 0.15) is 0 Å². The number of aliphatic hydroxyl groups excluding tert-OH is 1. The van der Waals surface area contributed by atoms with Crippen molar-refractivity contribution < 1.29 is 19.8 Å². The monoisotopic (exact) mass is 175 g/mol. The SMILES string of the molecule is CN(CCO)CCC(=O)C(=O)O. The van der Waals surface area contributed by atoms with Gasteiger partial charge in [-0.3, -0.25) is 4.79 Å².